The van der Waals surface area contributed by atoms with Crippen molar-refractivity contribution in [1.82, 2.24) is 15.0 Å². The molecule has 2 aromatic carbocycles. The first-order valence-electron chi connectivity index (χ1n) is 10.2. The lowest BCUT2D eigenvalue weighted by atomic mass is 10.1. The van der Waals surface area contributed by atoms with Crippen molar-refractivity contribution in [3.05, 3.63) is 94.9 Å². The van der Waals surface area contributed by atoms with E-state index in [9.17, 15) is 9.00 Å². The maximum atomic E-state index is 12.8. The van der Waals surface area contributed by atoms with Crippen LogP contribution in [-0.4, -0.2) is 29.6 Å². The van der Waals surface area contributed by atoms with Gasteiger partial charge in [-0.2, -0.15) is 0 Å². The summed E-state index contributed by atoms with van der Waals surface area (Å²) in [6.07, 6.45) is 5.09. The first-order chi connectivity index (χ1) is 16.4. The van der Waals surface area contributed by atoms with Gasteiger partial charge in [-0.3, -0.25) is 9.78 Å². The second-order valence-electron chi connectivity index (χ2n) is 7.40. The van der Waals surface area contributed by atoms with Crippen LogP contribution in [0, 0.1) is 6.92 Å². The maximum Gasteiger partial charge on any atom is 0.257 e. The molecule has 0 saturated carbocycles. The van der Waals surface area contributed by atoms with Crippen LogP contribution in [0.2, 0.25) is 5.02 Å². The van der Waals surface area contributed by atoms with Gasteiger partial charge in [-0.15, -0.1) is 0 Å². The van der Waals surface area contributed by atoms with Gasteiger partial charge in [0.05, 0.1) is 22.0 Å². The maximum absolute atomic E-state index is 12.8. The summed E-state index contributed by atoms with van der Waals surface area (Å²) in [5.41, 5.74) is 4.66. The molecular weight excluding hydrogens is 474 g/mol. The molecule has 10 heteroatoms. The zero-order chi connectivity index (χ0) is 24.1. The highest BCUT2D eigenvalue weighted by atomic mass is 35.5. The number of hydrogen-bond acceptors (Lipinski definition) is 6. The normalized spacial score (nSPS) is 11.6. The molecule has 4 aromatic rings. The van der Waals surface area contributed by atoms with Crippen molar-refractivity contribution in [3.63, 3.8) is 0 Å². The van der Waals surface area contributed by atoms with E-state index in [4.69, 9.17) is 16.2 Å². The third-order valence-electron chi connectivity index (χ3n) is 4.92. The van der Waals surface area contributed by atoms with Crippen LogP contribution in [0.5, 0.6) is 0 Å². The third-order valence-corrected chi connectivity index (χ3v) is 5.82. The van der Waals surface area contributed by atoms with Crippen molar-refractivity contribution in [1.29, 1.82) is 0 Å². The van der Waals surface area contributed by atoms with Gasteiger partial charge < -0.3 is 15.2 Å². The number of halogens is 1. The SMILES string of the molecule is Cc1ccc(NC(=O)c2ccc(CS(=O)O)cc2Cl)cc1Nc1nccc(-c2cccnc2)n1. The Bertz CT molecular complexity index is 1370. The topological polar surface area (TPSA) is 117 Å². The van der Waals surface area contributed by atoms with Gasteiger partial charge in [-0.1, -0.05) is 23.7 Å². The quantitative estimate of drug-likeness (QED) is 0.302. The monoisotopic (exact) mass is 493 g/mol. The molecule has 0 fully saturated rings. The third kappa shape index (κ3) is 5.82. The minimum Gasteiger partial charge on any atom is -0.324 e. The summed E-state index contributed by atoms with van der Waals surface area (Å²) in [5, 5.41) is 6.23. The van der Waals surface area contributed by atoms with Gasteiger partial charge in [0.2, 0.25) is 5.95 Å². The van der Waals surface area contributed by atoms with Crippen LogP contribution in [0.25, 0.3) is 11.3 Å². The zero-order valence-corrected chi connectivity index (χ0v) is 19.6. The standard InChI is InChI=1S/C24H20ClN5O3S/c1-15-4-6-18(28-23(31)19-7-5-16(11-20(19)25)14-34(32)33)12-22(15)30-24-27-10-8-21(29-24)17-3-2-9-26-13-17/h2-13H,14H2,1H3,(H,28,31)(H,32,33)(H,27,29,30). The van der Waals surface area contributed by atoms with Crippen LogP contribution in [0.4, 0.5) is 17.3 Å². The number of benzene rings is 2. The largest absolute Gasteiger partial charge is 0.324 e. The Balaban J connectivity index is 1.52. The number of hydrogen-bond donors (Lipinski definition) is 3. The molecule has 8 nitrogen and oxygen atoms in total. The number of pyridine rings is 1. The Hall–Kier alpha value is -3.66. The number of anilines is 3. The molecule has 0 aliphatic rings. The highest BCUT2D eigenvalue weighted by Gasteiger charge is 2.13. The molecule has 0 aliphatic heterocycles. The minimum absolute atomic E-state index is 0.0569. The average molecular weight is 494 g/mol. The van der Waals surface area contributed by atoms with E-state index in [1.807, 2.05) is 25.1 Å². The molecule has 2 aromatic heterocycles. The van der Waals surface area contributed by atoms with Crippen molar-refractivity contribution >= 4 is 45.9 Å². The van der Waals surface area contributed by atoms with Crippen molar-refractivity contribution in [3.8, 4) is 11.3 Å². The predicted octanol–water partition coefficient (Wildman–Crippen LogP) is 5.22. The second kappa shape index (κ2) is 10.5. The van der Waals surface area contributed by atoms with Crippen LogP contribution in [0.15, 0.2) is 73.2 Å². The van der Waals surface area contributed by atoms with Gasteiger partial charge in [-0.25, -0.2) is 14.2 Å². The first kappa shape index (κ1) is 23.5. The Kier molecular flexibility index (Phi) is 7.27. The van der Waals surface area contributed by atoms with E-state index in [0.29, 0.717) is 17.2 Å². The molecule has 0 radical (unpaired) electrons. The van der Waals surface area contributed by atoms with Crippen molar-refractivity contribution in [2.45, 2.75) is 12.7 Å². The second-order valence-corrected chi connectivity index (χ2v) is 8.73. The van der Waals surface area contributed by atoms with Crippen molar-refractivity contribution < 1.29 is 13.6 Å². The molecule has 1 unspecified atom stereocenters. The molecule has 172 valence electrons. The van der Waals surface area contributed by atoms with E-state index in [-0.39, 0.29) is 16.3 Å². The highest BCUT2D eigenvalue weighted by molar-refractivity contribution is 7.78. The number of amides is 1. The van der Waals surface area contributed by atoms with Crippen LogP contribution in [0.3, 0.4) is 0 Å². The van der Waals surface area contributed by atoms with Gasteiger partial charge >= 0.3 is 0 Å². The summed E-state index contributed by atoms with van der Waals surface area (Å²) >= 11 is 4.24. The number of aromatic nitrogens is 3. The molecule has 1 atom stereocenters. The number of nitrogens with one attached hydrogen (secondary N) is 2. The van der Waals surface area contributed by atoms with Crippen molar-refractivity contribution in [2.24, 2.45) is 0 Å². The summed E-state index contributed by atoms with van der Waals surface area (Å²) in [6, 6.07) is 15.6. The van der Waals surface area contributed by atoms with Gasteiger partial charge in [-0.05, 0) is 60.5 Å². The molecule has 0 bridgehead atoms. The summed E-state index contributed by atoms with van der Waals surface area (Å²) in [6.45, 7) is 1.93. The molecule has 34 heavy (non-hydrogen) atoms. The van der Waals surface area contributed by atoms with Gasteiger partial charge in [0.15, 0.2) is 11.1 Å². The van der Waals surface area contributed by atoms with E-state index in [1.165, 1.54) is 12.1 Å². The van der Waals surface area contributed by atoms with Crippen LogP contribution < -0.4 is 10.6 Å². The lowest BCUT2D eigenvalue weighted by Crippen LogP contribution is -2.13. The fourth-order valence-corrected chi connectivity index (χ4v) is 3.98. The Labute approximate surface area is 203 Å². The molecule has 1 amide bonds. The highest BCUT2D eigenvalue weighted by Crippen LogP contribution is 2.26. The fourth-order valence-electron chi connectivity index (χ4n) is 3.22. The summed E-state index contributed by atoms with van der Waals surface area (Å²) in [4.78, 5) is 25.7. The minimum atomic E-state index is -1.99. The average Bonchev–Trinajstić information content (AvgIpc) is 2.81. The van der Waals surface area contributed by atoms with E-state index in [1.54, 1.807) is 42.9 Å². The molecule has 3 N–H and O–H groups in total. The van der Waals surface area contributed by atoms with E-state index < -0.39 is 17.0 Å². The molecule has 0 aliphatic carbocycles. The van der Waals surface area contributed by atoms with E-state index >= 15 is 0 Å². The zero-order valence-electron chi connectivity index (χ0n) is 18.0. The Morgan fingerprint density at radius 1 is 1.12 bits per heavy atom. The van der Waals surface area contributed by atoms with E-state index in [0.717, 1.165) is 22.5 Å². The van der Waals surface area contributed by atoms with Crippen LogP contribution >= 0.6 is 11.6 Å². The Morgan fingerprint density at radius 2 is 1.97 bits per heavy atom. The molecule has 2 heterocycles. The number of nitrogens with zero attached hydrogens (tertiary/aromatic N) is 3. The lowest BCUT2D eigenvalue weighted by Gasteiger charge is -2.13. The molecule has 0 spiro atoms. The summed E-state index contributed by atoms with van der Waals surface area (Å²) in [7, 11) is 0. The predicted molar refractivity (Wildman–Crippen MR) is 134 cm³/mol. The number of carbonyl (C=O) groups excluding carboxylic acids is 1. The summed E-state index contributed by atoms with van der Waals surface area (Å²) < 4.78 is 20.0. The first-order valence-corrected chi connectivity index (χ1v) is 11.8. The van der Waals surface area contributed by atoms with E-state index in [2.05, 4.69) is 25.6 Å². The molecule has 0 saturated heterocycles. The molecular formula is C24H20ClN5O3S. The van der Waals surface area contributed by atoms with Crippen molar-refractivity contribution in [2.75, 3.05) is 10.6 Å². The lowest BCUT2D eigenvalue weighted by molar-refractivity contribution is 0.102. The number of rotatable bonds is 7. The van der Waals surface area contributed by atoms with Gasteiger partial charge in [0, 0.05) is 35.5 Å². The fraction of sp³-hybridized carbons (Fsp3) is 0.0833. The number of aryl methyl sites for hydroxylation is 1. The summed E-state index contributed by atoms with van der Waals surface area (Å²) in [5.74, 6) is -0.0438. The molecule has 4 rings (SSSR count). The number of carbonyl (C=O) groups is 1. The van der Waals surface area contributed by atoms with Crippen LogP contribution in [-0.2, 0) is 16.8 Å². The van der Waals surface area contributed by atoms with Gasteiger partial charge in [0.1, 0.15) is 0 Å². The smallest absolute Gasteiger partial charge is 0.257 e. The van der Waals surface area contributed by atoms with Gasteiger partial charge in [0.25, 0.3) is 5.91 Å². The Morgan fingerprint density at radius 3 is 2.71 bits per heavy atom. The van der Waals surface area contributed by atoms with Crippen LogP contribution in [0.1, 0.15) is 21.5 Å².